The zero-order valence-corrected chi connectivity index (χ0v) is 24.3. The molecule has 2 aliphatic carbocycles. The number of ether oxygens (including phenoxy) is 2. The second-order valence-corrected chi connectivity index (χ2v) is 14.4. The van der Waals surface area contributed by atoms with Gasteiger partial charge in [0.05, 0.1) is 57.3 Å². The van der Waals surface area contributed by atoms with E-state index in [9.17, 15) is 13.2 Å². The predicted molar refractivity (Wildman–Crippen MR) is 153 cm³/mol. The monoisotopic (exact) mass is 585 g/mol. The highest BCUT2D eigenvalue weighted by atomic mass is 32.2. The molecule has 40 heavy (non-hydrogen) atoms. The van der Waals surface area contributed by atoms with E-state index in [0.717, 1.165) is 41.3 Å². The third-order valence-electron chi connectivity index (χ3n) is 7.67. The van der Waals surface area contributed by atoms with Crippen LogP contribution in [0.15, 0.2) is 41.7 Å². The van der Waals surface area contributed by atoms with Gasteiger partial charge in [0.1, 0.15) is 0 Å². The van der Waals surface area contributed by atoms with Crippen LogP contribution < -0.4 is 10.6 Å². The molecule has 0 bridgehead atoms. The van der Waals surface area contributed by atoms with E-state index in [4.69, 9.17) is 14.5 Å². The number of anilines is 2. The summed E-state index contributed by atoms with van der Waals surface area (Å²) in [6, 6.07) is 5.90. The zero-order valence-electron chi connectivity index (χ0n) is 22.7. The van der Waals surface area contributed by atoms with E-state index >= 15 is 0 Å². The highest BCUT2D eigenvalue weighted by Crippen LogP contribution is 2.43. The van der Waals surface area contributed by atoms with Gasteiger partial charge in [-0.1, -0.05) is 6.07 Å². The van der Waals surface area contributed by atoms with Crippen molar-refractivity contribution in [3.63, 3.8) is 0 Å². The molecule has 2 N–H and O–H groups in total. The van der Waals surface area contributed by atoms with Gasteiger partial charge in [0.15, 0.2) is 9.84 Å². The van der Waals surface area contributed by atoms with E-state index in [1.807, 2.05) is 43.1 Å². The highest BCUT2D eigenvalue weighted by Gasteiger charge is 2.39. The molecule has 12 heteroatoms. The number of thiazole rings is 1. The molecule has 2 aromatic heterocycles. The van der Waals surface area contributed by atoms with Crippen LogP contribution in [0.1, 0.15) is 69.3 Å². The minimum Gasteiger partial charge on any atom is -0.447 e. The van der Waals surface area contributed by atoms with Crippen LogP contribution in [0, 0.1) is 0 Å². The molecule has 214 valence electrons. The first kappa shape index (κ1) is 27.2. The van der Waals surface area contributed by atoms with Gasteiger partial charge in [-0.3, -0.25) is 4.68 Å². The Balaban J connectivity index is 1.18. The molecule has 3 fully saturated rings. The lowest BCUT2D eigenvalue weighted by Gasteiger charge is -2.28. The van der Waals surface area contributed by atoms with Gasteiger partial charge in [-0.15, -0.1) is 11.3 Å². The van der Waals surface area contributed by atoms with Gasteiger partial charge in [-0.2, -0.15) is 5.10 Å². The molecule has 1 amide bonds. The van der Waals surface area contributed by atoms with E-state index in [0.29, 0.717) is 48.1 Å². The number of nitrogens with one attached hydrogen (secondary N) is 2. The number of rotatable bonds is 9. The van der Waals surface area contributed by atoms with E-state index < -0.39 is 9.84 Å². The number of benzene rings is 1. The summed E-state index contributed by atoms with van der Waals surface area (Å²) >= 11 is 1.57. The Morgan fingerprint density at radius 3 is 2.55 bits per heavy atom. The Morgan fingerprint density at radius 1 is 1.10 bits per heavy atom. The quantitative estimate of drug-likeness (QED) is 0.341. The first-order chi connectivity index (χ1) is 19.3. The van der Waals surface area contributed by atoms with Gasteiger partial charge in [-0.05, 0) is 64.5 Å². The molecule has 0 spiro atoms. The maximum atomic E-state index is 13.5. The summed E-state index contributed by atoms with van der Waals surface area (Å²) in [4.78, 5) is 17.9. The second-order valence-electron chi connectivity index (χ2n) is 11.2. The van der Waals surface area contributed by atoms with E-state index in [-0.39, 0.29) is 29.5 Å². The van der Waals surface area contributed by atoms with Crippen molar-refractivity contribution in [1.82, 2.24) is 20.1 Å². The van der Waals surface area contributed by atoms with E-state index in [1.165, 1.54) is 0 Å². The summed E-state index contributed by atoms with van der Waals surface area (Å²) in [6.07, 6.45) is 9.91. The number of hydrogen-bond donors (Lipinski definition) is 2. The first-order valence-corrected chi connectivity index (χ1v) is 16.3. The summed E-state index contributed by atoms with van der Waals surface area (Å²) in [5.74, 6) is 0.292. The SMILES string of the molecule is CC(C)OC(=O)N[C@H]1CC[C@H](c2ncc(-c3ccc(Nc4cnn(C5COC5)c4)cc3S(=O)(=O)C3CC3)s2)CC1. The maximum absolute atomic E-state index is 13.5. The standard InChI is InChI=1S/C28H35N5O5S2/c1-17(2)38-28(34)32-19-5-3-18(4-6-19)27-29-13-25(39-27)24-10-7-20(11-26(24)40(35,36)23-8-9-23)31-21-12-30-33(14-21)22-15-37-16-22/h7,10-14,17-19,22-23,31H,3-6,8-9,15-16H2,1-2H3,(H,32,34)/t18-,19-. The Labute approximate surface area is 238 Å². The molecule has 3 heterocycles. The number of amides is 1. The minimum absolute atomic E-state index is 0.103. The Hall–Kier alpha value is -2.96. The van der Waals surface area contributed by atoms with Crippen molar-refractivity contribution in [2.45, 2.75) is 86.6 Å². The van der Waals surface area contributed by atoms with Crippen molar-refractivity contribution >= 4 is 38.6 Å². The number of carbonyl (C=O) groups is 1. The van der Waals surface area contributed by atoms with E-state index in [2.05, 4.69) is 15.7 Å². The summed E-state index contributed by atoms with van der Waals surface area (Å²) in [6.45, 7) is 4.98. The number of aromatic nitrogens is 3. The van der Waals surface area contributed by atoms with Crippen LogP contribution in [0.5, 0.6) is 0 Å². The van der Waals surface area contributed by atoms with Gasteiger partial charge in [0.2, 0.25) is 0 Å². The lowest BCUT2D eigenvalue weighted by atomic mass is 9.86. The molecule has 0 radical (unpaired) electrons. The summed E-state index contributed by atoms with van der Waals surface area (Å²) in [5, 5.41) is 11.4. The van der Waals surface area contributed by atoms with Crippen LogP contribution >= 0.6 is 11.3 Å². The summed E-state index contributed by atoms with van der Waals surface area (Å²) < 4.78 is 39.4. The highest BCUT2D eigenvalue weighted by molar-refractivity contribution is 7.92. The smallest absolute Gasteiger partial charge is 0.407 e. The van der Waals surface area contributed by atoms with Gasteiger partial charge < -0.3 is 20.1 Å². The van der Waals surface area contributed by atoms with Crippen molar-refractivity contribution in [2.75, 3.05) is 18.5 Å². The molecule has 3 aliphatic rings. The fourth-order valence-corrected chi connectivity index (χ4v) is 8.32. The fourth-order valence-electron chi connectivity index (χ4n) is 5.24. The number of sulfone groups is 1. The van der Waals surface area contributed by atoms with Crippen LogP contribution in [0.25, 0.3) is 10.4 Å². The molecule has 10 nitrogen and oxygen atoms in total. The van der Waals surface area contributed by atoms with Gasteiger partial charge in [-0.25, -0.2) is 18.2 Å². The fraction of sp³-hybridized carbons (Fsp3) is 0.536. The third kappa shape index (κ3) is 5.89. The van der Waals surface area contributed by atoms with Crippen LogP contribution in [-0.2, 0) is 19.3 Å². The predicted octanol–water partition coefficient (Wildman–Crippen LogP) is 5.42. The topological polar surface area (TPSA) is 124 Å². The van der Waals surface area contributed by atoms with Crippen molar-refractivity contribution in [2.24, 2.45) is 0 Å². The van der Waals surface area contributed by atoms with Crippen molar-refractivity contribution in [3.8, 4) is 10.4 Å². The van der Waals surface area contributed by atoms with Gasteiger partial charge >= 0.3 is 6.09 Å². The van der Waals surface area contributed by atoms with Crippen molar-refractivity contribution < 1.29 is 22.7 Å². The number of carbonyl (C=O) groups excluding carboxylic acids is 1. The molecule has 3 aromatic rings. The average molecular weight is 586 g/mol. The van der Waals surface area contributed by atoms with Gasteiger partial charge in [0, 0.05) is 35.6 Å². The molecule has 1 aromatic carbocycles. The van der Waals surface area contributed by atoms with Crippen molar-refractivity contribution in [1.29, 1.82) is 0 Å². The Morgan fingerprint density at radius 2 is 1.88 bits per heavy atom. The first-order valence-electron chi connectivity index (χ1n) is 14.0. The van der Waals surface area contributed by atoms with Crippen molar-refractivity contribution in [3.05, 3.63) is 41.8 Å². The Bertz CT molecular complexity index is 1470. The lowest BCUT2D eigenvalue weighted by molar-refractivity contribution is -0.0286. The summed E-state index contributed by atoms with van der Waals surface area (Å²) in [7, 11) is -3.46. The number of alkyl carbamates (subject to hydrolysis) is 1. The minimum atomic E-state index is -3.46. The van der Waals surface area contributed by atoms with Crippen LogP contribution in [0.4, 0.5) is 16.2 Å². The molecule has 0 unspecified atom stereocenters. The Kier molecular flexibility index (Phi) is 7.58. The molecule has 0 atom stereocenters. The zero-order chi connectivity index (χ0) is 27.9. The molecule has 6 rings (SSSR count). The molecule has 1 saturated heterocycles. The maximum Gasteiger partial charge on any atom is 0.407 e. The second kappa shape index (κ2) is 11.1. The third-order valence-corrected chi connectivity index (χ3v) is 11.2. The lowest BCUT2D eigenvalue weighted by Crippen LogP contribution is -2.38. The van der Waals surface area contributed by atoms with Crippen LogP contribution in [0.2, 0.25) is 0 Å². The molecular weight excluding hydrogens is 550 g/mol. The number of hydrogen-bond acceptors (Lipinski definition) is 9. The number of nitrogens with zero attached hydrogens (tertiary/aromatic N) is 3. The molecule has 1 aliphatic heterocycles. The van der Waals surface area contributed by atoms with Gasteiger partial charge in [0.25, 0.3) is 0 Å². The largest absolute Gasteiger partial charge is 0.447 e. The summed E-state index contributed by atoms with van der Waals surface area (Å²) in [5.41, 5.74) is 2.21. The normalized spacial score (nSPS) is 21.7. The molecule has 2 saturated carbocycles. The van der Waals surface area contributed by atoms with Crippen LogP contribution in [0.3, 0.4) is 0 Å². The average Bonchev–Trinajstić information content (AvgIpc) is 3.49. The molecular formula is C28H35N5O5S2. The van der Waals surface area contributed by atoms with E-state index in [1.54, 1.807) is 23.6 Å². The van der Waals surface area contributed by atoms with Crippen LogP contribution in [-0.4, -0.2) is 59.9 Å².